The van der Waals surface area contributed by atoms with E-state index in [9.17, 15) is 0 Å². The van der Waals surface area contributed by atoms with Crippen molar-refractivity contribution in [1.82, 2.24) is 19.7 Å². The van der Waals surface area contributed by atoms with Crippen LogP contribution in [0.1, 0.15) is 11.4 Å². The number of hydrogen-bond donors (Lipinski definition) is 1. The van der Waals surface area contributed by atoms with Gasteiger partial charge in [0.25, 0.3) is 0 Å². The largest absolute Gasteiger partial charge is 0.389 e. The minimum absolute atomic E-state index is 0.368. The highest BCUT2D eigenvalue weighted by Crippen LogP contribution is 2.17. The van der Waals surface area contributed by atoms with E-state index in [-0.39, 0.29) is 0 Å². The molecule has 0 radical (unpaired) electrons. The van der Waals surface area contributed by atoms with E-state index in [4.69, 9.17) is 18.0 Å². The Bertz CT molecular complexity index is 575. The fraction of sp³-hybridized carbons (Fsp3) is 0.273. The van der Waals surface area contributed by atoms with Crippen molar-refractivity contribution >= 4 is 23.0 Å². The smallest absolute Gasteiger partial charge is 0.152 e. The fourth-order valence-corrected chi connectivity index (χ4v) is 2.10. The van der Waals surface area contributed by atoms with Crippen molar-refractivity contribution in [1.29, 1.82) is 0 Å². The lowest BCUT2D eigenvalue weighted by Gasteiger charge is -2.27. The summed E-state index contributed by atoms with van der Waals surface area (Å²) in [6.45, 7) is 2.49. The maximum atomic E-state index is 5.55. The molecule has 0 atom stereocenters. The van der Waals surface area contributed by atoms with Crippen LogP contribution in [0.4, 0.5) is 5.82 Å². The average Bonchev–Trinajstić information content (AvgIpc) is 2.86. The number of hydrogen-bond acceptors (Lipinski definition) is 5. The molecule has 0 bridgehead atoms. The Hall–Kier alpha value is -2.02. The standard InChI is InChI=1S/C11H12N6S/c12-11(18)8-1-2-9(13-5-8)16-3-4-17-7-14-15-10(17)6-16/h1-2,5,7H,3-4,6H2,(H2,12,18). The van der Waals surface area contributed by atoms with Crippen molar-refractivity contribution < 1.29 is 0 Å². The van der Waals surface area contributed by atoms with Gasteiger partial charge >= 0.3 is 0 Å². The van der Waals surface area contributed by atoms with E-state index in [1.807, 2.05) is 12.1 Å². The molecule has 0 spiro atoms. The Labute approximate surface area is 109 Å². The van der Waals surface area contributed by atoms with Gasteiger partial charge in [-0.25, -0.2) is 4.98 Å². The van der Waals surface area contributed by atoms with Gasteiger partial charge in [0, 0.05) is 24.8 Å². The van der Waals surface area contributed by atoms with E-state index in [1.165, 1.54) is 0 Å². The SMILES string of the molecule is NC(=S)c1ccc(N2CCn3cnnc3C2)nc1. The van der Waals surface area contributed by atoms with Crippen molar-refractivity contribution in [2.24, 2.45) is 5.73 Å². The van der Waals surface area contributed by atoms with Crippen molar-refractivity contribution in [2.75, 3.05) is 11.4 Å². The highest BCUT2D eigenvalue weighted by atomic mass is 32.1. The van der Waals surface area contributed by atoms with E-state index < -0.39 is 0 Å². The van der Waals surface area contributed by atoms with Crippen LogP contribution in [0.3, 0.4) is 0 Å². The lowest BCUT2D eigenvalue weighted by molar-refractivity contribution is 0.556. The summed E-state index contributed by atoms with van der Waals surface area (Å²) >= 11 is 4.90. The minimum Gasteiger partial charge on any atom is -0.389 e. The predicted octanol–water partition coefficient (Wildman–Crippen LogP) is 0.327. The van der Waals surface area contributed by atoms with Gasteiger partial charge in [-0.15, -0.1) is 10.2 Å². The summed E-state index contributed by atoms with van der Waals surface area (Å²) in [6, 6.07) is 3.82. The van der Waals surface area contributed by atoms with E-state index in [1.54, 1.807) is 12.5 Å². The zero-order chi connectivity index (χ0) is 12.5. The predicted molar refractivity (Wildman–Crippen MR) is 71.2 cm³/mol. The molecular weight excluding hydrogens is 248 g/mol. The monoisotopic (exact) mass is 260 g/mol. The third-order valence-corrected chi connectivity index (χ3v) is 3.23. The third kappa shape index (κ3) is 1.92. The first-order valence-electron chi connectivity index (χ1n) is 5.61. The molecule has 0 amide bonds. The Kier molecular flexibility index (Phi) is 2.67. The lowest BCUT2D eigenvalue weighted by Crippen LogP contribution is -2.34. The third-order valence-electron chi connectivity index (χ3n) is 3.00. The van der Waals surface area contributed by atoms with Gasteiger partial charge < -0.3 is 15.2 Å². The molecule has 1 aliphatic rings. The van der Waals surface area contributed by atoms with Crippen LogP contribution in [0.25, 0.3) is 0 Å². The molecule has 7 heteroatoms. The summed E-state index contributed by atoms with van der Waals surface area (Å²) in [5, 5.41) is 7.98. The molecule has 0 aromatic carbocycles. The number of aromatic nitrogens is 4. The van der Waals surface area contributed by atoms with Crippen LogP contribution in [0.15, 0.2) is 24.7 Å². The van der Waals surface area contributed by atoms with Gasteiger partial charge in [0.05, 0.1) is 6.54 Å². The second kappa shape index (κ2) is 4.34. The summed E-state index contributed by atoms with van der Waals surface area (Å²) in [7, 11) is 0. The van der Waals surface area contributed by atoms with Crippen LogP contribution in [0.2, 0.25) is 0 Å². The van der Waals surface area contributed by atoms with E-state index in [0.717, 1.165) is 36.8 Å². The number of pyridine rings is 1. The Balaban J connectivity index is 1.82. The first-order chi connectivity index (χ1) is 8.74. The molecule has 0 unspecified atom stereocenters. The maximum absolute atomic E-state index is 5.55. The molecule has 0 aliphatic carbocycles. The molecule has 18 heavy (non-hydrogen) atoms. The number of thiocarbonyl (C=S) groups is 1. The molecule has 2 N–H and O–H groups in total. The molecule has 1 aliphatic heterocycles. The molecule has 92 valence electrons. The second-order valence-corrected chi connectivity index (χ2v) is 4.57. The van der Waals surface area contributed by atoms with Gasteiger partial charge in [0.2, 0.25) is 0 Å². The van der Waals surface area contributed by atoms with Gasteiger partial charge in [-0.2, -0.15) is 0 Å². The summed E-state index contributed by atoms with van der Waals surface area (Å²) in [4.78, 5) is 6.91. The summed E-state index contributed by atoms with van der Waals surface area (Å²) in [5.41, 5.74) is 6.33. The first kappa shape index (κ1) is 11.1. The molecule has 2 aromatic rings. The summed E-state index contributed by atoms with van der Waals surface area (Å²) < 4.78 is 2.06. The maximum Gasteiger partial charge on any atom is 0.152 e. The zero-order valence-electron chi connectivity index (χ0n) is 9.65. The topological polar surface area (TPSA) is 72.9 Å². The molecule has 3 heterocycles. The van der Waals surface area contributed by atoms with Crippen LogP contribution in [-0.4, -0.2) is 31.3 Å². The molecule has 6 nitrogen and oxygen atoms in total. The number of anilines is 1. The molecular formula is C11H12N6S. The first-order valence-corrected chi connectivity index (χ1v) is 6.02. The van der Waals surface area contributed by atoms with E-state index >= 15 is 0 Å². The number of nitrogens with zero attached hydrogens (tertiary/aromatic N) is 5. The lowest BCUT2D eigenvalue weighted by atomic mass is 10.2. The molecule has 3 rings (SSSR count). The Morgan fingerprint density at radius 2 is 2.22 bits per heavy atom. The number of rotatable bonds is 2. The normalized spacial score (nSPS) is 14.3. The van der Waals surface area contributed by atoms with E-state index in [0.29, 0.717) is 4.99 Å². The van der Waals surface area contributed by atoms with Crippen molar-refractivity contribution in [3.8, 4) is 0 Å². The van der Waals surface area contributed by atoms with Crippen molar-refractivity contribution in [3.05, 3.63) is 36.0 Å². The highest BCUT2D eigenvalue weighted by Gasteiger charge is 2.18. The van der Waals surface area contributed by atoms with E-state index in [2.05, 4.69) is 24.6 Å². The zero-order valence-corrected chi connectivity index (χ0v) is 10.5. The van der Waals surface area contributed by atoms with Gasteiger partial charge in [-0.3, -0.25) is 0 Å². The molecule has 0 saturated heterocycles. The van der Waals surface area contributed by atoms with Crippen LogP contribution in [0, 0.1) is 0 Å². The number of fused-ring (bicyclic) bond motifs is 1. The van der Waals surface area contributed by atoms with Gasteiger partial charge in [-0.05, 0) is 12.1 Å². The molecule has 0 fully saturated rings. The average molecular weight is 260 g/mol. The fourth-order valence-electron chi connectivity index (χ4n) is 1.98. The second-order valence-electron chi connectivity index (χ2n) is 4.13. The van der Waals surface area contributed by atoms with Crippen LogP contribution >= 0.6 is 12.2 Å². The van der Waals surface area contributed by atoms with Crippen LogP contribution in [-0.2, 0) is 13.1 Å². The summed E-state index contributed by atoms with van der Waals surface area (Å²) in [6.07, 6.45) is 3.47. The summed E-state index contributed by atoms with van der Waals surface area (Å²) in [5.74, 6) is 1.87. The van der Waals surface area contributed by atoms with Gasteiger partial charge in [0.1, 0.15) is 17.1 Å². The number of nitrogens with two attached hydrogens (primary N) is 1. The van der Waals surface area contributed by atoms with Crippen molar-refractivity contribution in [3.63, 3.8) is 0 Å². The minimum atomic E-state index is 0.368. The van der Waals surface area contributed by atoms with Crippen LogP contribution < -0.4 is 10.6 Å². The molecule has 2 aromatic heterocycles. The Morgan fingerprint density at radius 3 is 2.94 bits per heavy atom. The van der Waals surface area contributed by atoms with Crippen LogP contribution in [0.5, 0.6) is 0 Å². The quantitative estimate of drug-likeness (QED) is 0.784. The Morgan fingerprint density at radius 1 is 1.33 bits per heavy atom. The van der Waals surface area contributed by atoms with Crippen molar-refractivity contribution in [2.45, 2.75) is 13.1 Å². The van der Waals surface area contributed by atoms with Gasteiger partial charge in [0.15, 0.2) is 5.82 Å². The molecule has 0 saturated carbocycles. The highest BCUT2D eigenvalue weighted by molar-refractivity contribution is 7.80. The van der Waals surface area contributed by atoms with Gasteiger partial charge in [-0.1, -0.05) is 12.2 Å².